The molecule has 0 radical (unpaired) electrons. The second kappa shape index (κ2) is 5.65. The highest BCUT2D eigenvalue weighted by molar-refractivity contribution is 5.40. The molecular weight excluding hydrogens is 272 g/mol. The molecule has 1 fully saturated rings. The van der Waals surface area contributed by atoms with Crippen LogP contribution in [0, 0.1) is 16.0 Å². The molecule has 0 spiro atoms. The van der Waals surface area contributed by atoms with Crippen molar-refractivity contribution in [2.75, 3.05) is 0 Å². The van der Waals surface area contributed by atoms with E-state index in [0.717, 1.165) is 24.8 Å². The first-order valence-corrected chi connectivity index (χ1v) is 6.99. The summed E-state index contributed by atoms with van der Waals surface area (Å²) in [7, 11) is 0. The molecule has 0 amide bonds. The number of non-ortho nitro benzene ring substituents is 1. The molecule has 1 aliphatic carbocycles. The molecule has 0 bridgehead atoms. The molecule has 1 aromatic carbocycles. The lowest BCUT2D eigenvalue weighted by Crippen LogP contribution is -2.22. The molecule has 110 valence electrons. The predicted octanol–water partition coefficient (Wildman–Crippen LogP) is 3.01. The number of nitro benzene ring substituents is 1. The van der Waals surface area contributed by atoms with Gasteiger partial charge in [0, 0.05) is 23.6 Å². The zero-order chi connectivity index (χ0) is 14.8. The normalized spacial score (nSPS) is 16.4. The van der Waals surface area contributed by atoms with Crippen LogP contribution < -0.4 is 0 Å². The van der Waals surface area contributed by atoms with Crippen molar-refractivity contribution in [2.45, 2.75) is 31.8 Å². The molecule has 21 heavy (non-hydrogen) atoms. The van der Waals surface area contributed by atoms with Gasteiger partial charge in [0.05, 0.1) is 17.2 Å². The Morgan fingerprint density at radius 3 is 2.90 bits per heavy atom. The average molecular weight is 288 g/mol. The fourth-order valence-corrected chi connectivity index (χ4v) is 2.90. The summed E-state index contributed by atoms with van der Waals surface area (Å²) in [5.74, 6) is 0.335. The minimum atomic E-state index is -0.392. The number of hydrogen-bond acceptors (Lipinski definition) is 5. The van der Waals surface area contributed by atoms with E-state index in [1.54, 1.807) is 12.1 Å². The molecule has 0 aliphatic heterocycles. The van der Waals surface area contributed by atoms with Gasteiger partial charge in [-0.25, -0.2) is 0 Å². The second-order valence-electron chi connectivity index (χ2n) is 5.40. The van der Waals surface area contributed by atoms with Gasteiger partial charge in [0.15, 0.2) is 0 Å². The number of aromatic nitrogens is 1. The number of nitrogens with zero attached hydrogens (tertiary/aromatic N) is 2. The van der Waals surface area contributed by atoms with Crippen molar-refractivity contribution in [3.8, 4) is 0 Å². The average Bonchev–Trinajstić information content (AvgIpc) is 2.90. The Balaban J connectivity index is 2.03. The van der Waals surface area contributed by atoms with Crippen LogP contribution in [0.5, 0.6) is 0 Å². The van der Waals surface area contributed by atoms with Gasteiger partial charge in [-0.15, -0.1) is 0 Å². The monoisotopic (exact) mass is 288 g/mol. The zero-order valence-corrected chi connectivity index (χ0v) is 11.4. The van der Waals surface area contributed by atoms with E-state index in [-0.39, 0.29) is 18.2 Å². The third kappa shape index (κ3) is 2.54. The van der Waals surface area contributed by atoms with E-state index >= 15 is 0 Å². The summed E-state index contributed by atoms with van der Waals surface area (Å²) in [5.41, 5.74) is 2.28. The number of rotatable bonds is 5. The van der Waals surface area contributed by atoms with Gasteiger partial charge in [-0.05, 0) is 24.3 Å². The maximum atomic E-state index is 11.0. The number of aliphatic hydroxyl groups is 1. The Bertz CT molecular complexity index is 649. The van der Waals surface area contributed by atoms with Gasteiger partial charge < -0.3 is 9.63 Å². The Hall–Kier alpha value is -2.21. The maximum Gasteiger partial charge on any atom is 0.269 e. The number of nitro groups is 1. The van der Waals surface area contributed by atoms with E-state index in [2.05, 4.69) is 5.16 Å². The van der Waals surface area contributed by atoms with Crippen molar-refractivity contribution in [1.29, 1.82) is 0 Å². The molecule has 2 aromatic rings. The first-order valence-electron chi connectivity index (χ1n) is 6.99. The van der Waals surface area contributed by atoms with Crippen LogP contribution in [0.1, 0.15) is 42.0 Å². The van der Waals surface area contributed by atoms with E-state index in [4.69, 9.17) is 4.52 Å². The molecule has 6 heteroatoms. The van der Waals surface area contributed by atoms with Gasteiger partial charge >= 0.3 is 0 Å². The largest absolute Gasteiger partial charge is 0.391 e. The van der Waals surface area contributed by atoms with E-state index in [1.165, 1.54) is 12.3 Å². The lowest BCUT2D eigenvalue weighted by atomic mass is 9.71. The highest BCUT2D eigenvalue weighted by atomic mass is 16.6. The SMILES string of the molecule is O=[N+]([O-])c1cccc(C(c2nocc2CO)C2CCC2)c1. The molecular formula is C15H16N2O4. The Morgan fingerprint density at radius 1 is 1.48 bits per heavy atom. The van der Waals surface area contributed by atoms with Crippen molar-refractivity contribution in [3.63, 3.8) is 0 Å². The first-order chi connectivity index (χ1) is 10.2. The van der Waals surface area contributed by atoms with Gasteiger partial charge in [0.25, 0.3) is 5.69 Å². The van der Waals surface area contributed by atoms with E-state index in [1.807, 2.05) is 6.07 Å². The Labute approximate surface area is 121 Å². The number of hydrogen-bond donors (Lipinski definition) is 1. The molecule has 1 heterocycles. The summed E-state index contributed by atoms with van der Waals surface area (Å²) in [6, 6.07) is 6.65. The Kier molecular flexibility index (Phi) is 3.70. The third-order valence-electron chi connectivity index (χ3n) is 4.20. The zero-order valence-electron chi connectivity index (χ0n) is 11.4. The quantitative estimate of drug-likeness (QED) is 0.674. The minimum absolute atomic E-state index is 0.0560. The number of benzene rings is 1. The molecule has 3 rings (SSSR count). The van der Waals surface area contributed by atoms with Gasteiger partial charge in [0.2, 0.25) is 0 Å². The summed E-state index contributed by atoms with van der Waals surface area (Å²) in [5, 5.41) is 24.4. The molecule has 6 nitrogen and oxygen atoms in total. The van der Waals surface area contributed by atoms with E-state index in [9.17, 15) is 15.2 Å². The van der Waals surface area contributed by atoms with Gasteiger partial charge in [0.1, 0.15) is 6.26 Å². The van der Waals surface area contributed by atoms with E-state index in [0.29, 0.717) is 17.2 Å². The Morgan fingerprint density at radius 2 is 2.29 bits per heavy atom. The van der Waals surface area contributed by atoms with Gasteiger partial charge in [-0.3, -0.25) is 10.1 Å². The molecule has 1 saturated carbocycles. The summed E-state index contributed by atoms with van der Waals surface area (Å²) < 4.78 is 4.99. The highest BCUT2D eigenvalue weighted by Gasteiger charge is 2.33. The van der Waals surface area contributed by atoms with Crippen LogP contribution in [0.2, 0.25) is 0 Å². The van der Waals surface area contributed by atoms with E-state index < -0.39 is 4.92 Å². The van der Waals surface area contributed by atoms with Crippen LogP contribution in [-0.2, 0) is 6.61 Å². The van der Waals surface area contributed by atoms with Gasteiger partial charge in [-0.2, -0.15) is 0 Å². The van der Waals surface area contributed by atoms with Crippen LogP contribution in [0.4, 0.5) is 5.69 Å². The topological polar surface area (TPSA) is 89.4 Å². The molecule has 1 aliphatic rings. The van der Waals surface area contributed by atoms with Crippen molar-refractivity contribution in [3.05, 3.63) is 57.5 Å². The lowest BCUT2D eigenvalue weighted by Gasteiger charge is -2.33. The fourth-order valence-electron chi connectivity index (χ4n) is 2.90. The smallest absolute Gasteiger partial charge is 0.269 e. The third-order valence-corrected chi connectivity index (χ3v) is 4.20. The van der Waals surface area contributed by atoms with Crippen LogP contribution in [-0.4, -0.2) is 15.2 Å². The minimum Gasteiger partial charge on any atom is -0.391 e. The molecule has 1 unspecified atom stereocenters. The summed E-state index contributed by atoms with van der Waals surface area (Å²) in [4.78, 5) is 10.6. The van der Waals surface area contributed by atoms with Gasteiger partial charge in [-0.1, -0.05) is 23.7 Å². The fraction of sp³-hybridized carbons (Fsp3) is 0.400. The van der Waals surface area contributed by atoms with Crippen LogP contribution in [0.3, 0.4) is 0 Å². The van der Waals surface area contributed by atoms with Crippen molar-refractivity contribution in [2.24, 2.45) is 5.92 Å². The number of aliphatic hydroxyl groups excluding tert-OH is 1. The van der Waals surface area contributed by atoms with Crippen molar-refractivity contribution >= 4 is 5.69 Å². The highest BCUT2D eigenvalue weighted by Crippen LogP contribution is 2.44. The molecule has 1 atom stereocenters. The maximum absolute atomic E-state index is 11.0. The first kappa shape index (κ1) is 13.8. The second-order valence-corrected chi connectivity index (χ2v) is 5.40. The van der Waals surface area contributed by atoms with Crippen LogP contribution >= 0.6 is 0 Å². The standard InChI is InChI=1S/C15H16N2O4/c18-8-12-9-21-16-15(12)14(10-3-1-4-10)11-5-2-6-13(7-11)17(19)20/h2,5-7,9-10,14,18H,1,3-4,8H2. The van der Waals surface area contributed by atoms with Crippen molar-refractivity contribution < 1.29 is 14.6 Å². The molecule has 1 N–H and O–H groups in total. The molecule has 0 saturated heterocycles. The lowest BCUT2D eigenvalue weighted by molar-refractivity contribution is -0.384. The van der Waals surface area contributed by atoms with Crippen LogP contribution in [0.15, 0.2) is 35.1 Å². The van der Waals surface area contributed by atoms with Crippen LogP contribution in [0.25, 0.3) is 0 Å². The van der Waals surface area contributed by atoms with Crippen molar-refractivity contribution in [1.82, 2.24) is 5.16 Å². The molecule has 1 aromatic heterocycles. The predicted molar refractivity (Wildman–Crippen MR) is 74.7 cm³/mol. The summed E-state index contributed by atoms with van der Waals surface area (Å²) in [6.07, 6.45) is 4.72. The summed E-state index contributed by atoms with van der Waals surface area (Å²) >= 11 is 0. The summed E-state index contributed by atoms with van der Waals surface area (Å²) in [6.45, 7) is -0.142.